The molecule has 222 valence electrons. The van der Waals surface area contributed by atoms with E-state index in [9.17, 15) is 4.79 Å². The van der Waals surface area contributed by atoms with E-state index in [4.69, 9.17) is 0 Å². The number of hydrogen-bond donors (Lipinski definition) is 1. The number of unbranched alkanes of at least 4 members (excludes halogenated alkanes) is 2. The highest BCUT2D eigenvalue weighted by Crippen LogP contribution is 2.68. The van der Waals surface area contributed by atoms with E-state index in [0.29, 0.717) is 16.7 Å². The van der Waals surface area contributed by atoms with Crippen LogP contribution in [0.2, 0.25) is 0 Å². The predicted molar refractivity (Wildman–Crippen MR) is 157 cm³/mol. The van der Waals surface area contributed by atoms with Crippen LogP contribution in [0.5, 0.6) is 0 Å². The van der Waals surface area contributed by atoms with Gasteiger partial charge in [0.1, 0.15) is 0 Å². The van der Waals surface area contributed by atoms with Crippen molar-refractivity contribution in [1.82, 2.24) is 5.32 Å². The molecular weight excluding hydrogens is 579 g/mol. The number of nitrogens with one attached hydrogen (secondary N) is 1. The molecule has 1 amide bonds. The van der Waals surface area contributed by atoms with Crippen molar-refractivity contribution in [3.8, 4) is 0 Å². The van der Waals surface area contributed by atoms with Crippen LogP contribution in [-0.4, -0.2) is 44.1 Å². The molecule has 1 N–H and O–H groups in total. The summed E-state index contributed by atoms with van der Waals surface area (Å²) in [6.45, 7) is 13.4. The Balaban J connectivity index is 0.00000400. The van der Waals surface area contributed by atoms with Crippen molar-refractivity contribution in [2.45, 2.75) is 130 Å². The Morgan fingerprint density at radius 2 is 1.63 bits per heavy atom. The molecule has 4 fully saturated rings. The average Bonchev–Trinajstić information content (AvgIpc) is 3.22. The van der Waals surface area contributed by atoms with Crippen molar-refractivity contribution in [3.63, 3.8) is 0 Å². The normalized spacial score (nSPS) is 37.4. The van der Waals surface area contributed by atoms with Crippen molar-refractivity contribution in [1.29, 1.82) is 0 Å². The van der Waals surface area contributed by atoms with Crippen LogP contribution in [0.15, 0.2) is 0 Å². The van der Waals surface area contributed by atoms with Crippen molar-refractivity contribution in [2.24, 2.45) is 46.3 Å². The first-order valence-corrected chi connectivity index (χ1v) is 16.7. The summed E-state index contributed by atoms with van der Waals surface area (Å²) >= 11 is 0. The van der Waals surface area contributed by atoms with Gasteiger partial charge in [-0.05, 0) is 117 Å². The van der Waals surface area contributed by atoms with Gasteiger partial charge >= 0.3 is 0 Å². The van der Waals surface area contributed by atoms with Gasteiger partial charge in [-0.15, -0.1) is 0 Å². The standard InChI is InChI=1S/C34H62N2O.HI/c1-7-8-11-24-36(5,6)25-12-23-35-32(37)19-14-26(2)29-17-18-30-28-16-15-27-13-9-10-21-33(27,3)31(28)20-22-34(29,30)4;/h26-31H,7-25H2,1-6H3;1H/t26-,27?,28?,29-,30?,31?,33+,34-;/m1./s1. The fourth-order valence-electron chi connectivity index (χ4n) is 10.6. The third-order valence-electron chi connectivity index (χ3n) is 12.8. The Kier molecular flexibility index (Phi) is 11.9. The van der Waals surface area contributed by atoms with E-state index in [-0.39, 0.29) is 29.9 Å². The summed E-state index contributed by atoms with van der Waals surface area (Å²) in [5.74, 6) is 5.74. The molecule has 4 aliphatic carbocycles. The Morgan fingerprint density at radius 1 is 0.895 bits per heavy atom. The van der Waals surface area contributed by atoms with E-state index < -0.39 is 0 Å². The summed E-state index contributed by atoms with van der Waals surface area (Å²) in [7, 11) is 4.67. The van der Waals surface area contributed by atoms with Crippen molar-refractivity contribution >= 4 is 5.91 Å². The van der Waals surface area contributed by atoms with Gasteiger partial charge in [-0.1, -0.05) is 47.0 Å². The van der Waals surface area contributed by atoms with Gasteiger partial charge in [-0.25, -0.2) is 0 Å². The van der Waals surface area contributed by atoms with Crippen LogP contribution in [0.25, 0.3) is 0 Å². The fraction of sp³-hybridized carbons (Fsp3) is 0.971. The summed E-state index contributed by atoms with van der Waals surface area (Å²) < 4.78 is 1.08. The first-order valence-electron chi connectivity index (χ1n) is 16.7. The average molecular weight is 643 g/mol. The van der Waals surface area contributed by atoms with Crippen LogP contribution in [0.1, 0.15) is 130 Å². The van der Waals surface area contributed by atoms with Crippen molar-refractivity contribution < 1.29 is 33.3 Å². The second-order valence-electron chi connectivity index (χ2n) is 15.4. The molecule has 0 aromatic carbocycles. The number of halogens is 1. The molecule has 3 nitrogen and oxygen atoms in total. The first kappa shape index (κ1) is 32.7. The zero-order chi connectivity index (χ0) is 26.7. The number of hydrogen-bond acceptors (Lipinski definition) is 1. The van der Waals surface area contributed by atoms with Gasteiger partial charge in [0, 0.05) is 19.4 Å². The number of quaternary nitrogens is 1. The fourth-order valence-corrected chi connectivity index (χ4v) is 10.6. The quantitative estimate of drug-likeness (QED) is 0.177. The third-order valence-corrected chi connectivity index (χ3v) is 12.8. The van der Waals surface area contributed by atoms with Crippen molar-refractivity contribution in [2.75, 3.05) is 33.7 Å². The lowest BCUT2D eigenvalue weighted by molar-refractivity contribution is -0.890. The predicted octanol–water partition coefficient (Wildman–Crippen LogP) is 5.23. The van der Waals surface area contributed by atoms with Gasteiger partial charge in [0.15, 0.2) is 0 Å². The van der Waals surface area contributed by atoms with Gasteiger partial charge in [-0.3, -0.25) is 4.79 Å². The maximum Gasteiger partial charge on any atom is 0.220 e. The maximum atomic E-state index is 12.7. The van der Waals surface area contributed by atoms with Gasteiger partial charge < -0.3 is 33.8 Å². The number of carbonyl (C=O) groups is 1. The summed E-state index contributed by atoms with van der Waals surface area (Å²) in [5, 5.41) is 3.25. The van der Waals surface area contributed by atoms with Crippen LogP contribution in [0.3, 0.4) is 0 Å². The van der Waals surface area contributed by atoms with E-state index in [1.54, 1.807) is 0 Å². The zero-order valence-corrected chi connectivity index (χ0v) is 28.3. The highest BCUT2D eigenvalue weighted by atomic mass is 127. The molecule has 0 saturated heterocycles. The molecule has 0 radical (unpaired) electrons. The van der Waals surface area contributed by atoms with Crippen LogP contribution >= 0.6 is 0 Å². The van der Waals surface area contributed by atoms with E-state index in [1.807, 2.05) is 0 Å². The Hall–Kier alpha value is 0.160. The molecule has 4 saturated carbocycles. The highest BCUT2D eigenvalue weighted by Gasteiger charge is 2.60. The molecule has 4 rings (SSSR count). The van der Waals surface area contributed by atoms with Crippen LogP contribution in [0, 0.1) is 46.3 Å². The van der Waals surface area contributed by atoms with Crippen LogP contribution < -0.4 is 29.3 Å². The minimum Gasteiger partial charge on any atom is -1.00 e. The Labute approximate surface area is 254 Å². The molecule has 0 spiro atoms. The molecule has 4 unspecified atom stereocenters. The topological polar surface area (TPSA) is 29.1 Å². The minimum atomic E-state index is 0. The lowest BCUT2D eigenvalue weighted by Gasteiger charge is -2.61. The third kappa shape index (κ3) is 7.13. The largest absolute Gasteiger partial charge is 1.00 e. The lowest BCUT2D eigenvalue weighted by atomic mass is 9.44. The molecule has 0 heterocycles. The smallest absolute Gasteiger partial charge is 0.220 e. The summed E-state index contributed by atoms with van der Waals surface area (Å²) in [6.07, 6.45) is 21.7. The van der Waals surface area contributed by atoms with Gasteiger partial charge in [0.25, 0.3) is 0 Å². The summed E-state index contributed by atoms with van der Waals surface area (Å²) in [4.78, 5) is 12.7. The van der Waals surface area contributed by atoms with E-state index in [1.165, 1.54) is 90.0 Å². The van der Waals surface area contributed by atoms with E-state index in [0.717, 1.165) is 66.4 Å². The van der Waals surface area contributed by atoms with Gasteiger partial charge in [-0.2, -0.15) is 0 Å². The minimum absolute atomic E-state index is 0. The van der Waals surface area contributed by atoms with Gasteiger partial charge in [0.05, 0.1) is 27.2 Å². The van der Waals surface area contributed by atoms with Crippen LogP contribution in [-0.2, 0) is 4.79 Å². The number of fused-ring (bicyclic) bond motifs is 5. The molecule has 0 aromatic heterocycles. The van der Waals surface area contributed by atoms with E-state index >= 15 is 0 Å². The maximum absolute atomic E-state index is 12.7. The number of nitrogens with zero attached hydrogens (tertiary/aromatic N) is 1. The van der Waals surface area contributed by atoms with E-state index in [2.05, 4.69) is 47.1 Å². The molecule has 4 aliphatic rings. The SMILES string of the molecule is CCCCC[N+](C)(C)CCCNC(=O)CC[C@@H](C)[C@H]1CCC2C3CCC4CCCC[C@]4(C)C3CC[C@@]21C.[I-]. The highest BCUT2D eigenvalue weighted by molar-refractivity contribution is 5.75. The number of carbonyl (C=O) groups excluding carboxylic acids is 1. The molecule has 4 heteroatoms. The Bertz CT molecular complexity index is 755. The number of rotatable bonds is 12. The lowest BCUT2D eigenvalue weighted by Crippen LogP contribution is -3.00. The first-order chi connectivity index (χ1) is 17.6. The molecule has 0 aliphatic heterocycles. The van der Waals surface area contributed by atoms with Crippen molar-refractivity contribution in [3.05, 3.63) is 0 Å². The van der Waals surface area contributed by atoms with Crippen LogP contribution in [0.4, 0.5) is 0 Å². The molecule has 0 aromatic rings. The second-order valence-corrected chi connectivity index (χ2v) is 15.4. The van der Waals surface area contributed by atoms with Gasteiger partial charge in [0.2, 0.25) is 5.91 Å². The number of amides is 1. The molecule has 8 atom stereocenters. The Morgan fingerprint density at radius 3 is 2.39 bits per heavy atom. The molecular formula is C34H63IN2O. The summed E-state index contributed by atoms with van der Waals surface area (Å²) in [5.41, 5.74) is 1.17. The zero-order valence-electron chi connectivity index (χ0n) is 26.1. The second kappa shape index (κ2) is 13.9. The molecule has 38 heavy (non-hydrogen) atoms. The molecule has 0 bridgehead atoms. The summed E-state index contributed by atoms with van der Waals surface area (Å²) in [6, 6.07) is 0. The monoisotopic (exact) mass is 642 g/mol.